The number of Topliss-reactive ketones (excluding diaryl/α,β-unsaturated/α-hetero) is 2. The zero-order valence-electron chi connectivity index (χ0n) is 19.9. The first-order chi connectivity index (χ1) is 17.2. The van der Waals surface area contributed by atoms with Crippen molar-refractivity contribution < 1.29 is 43.0 Å². The molecule has 0 aromatic heterocycles. The van der Waals surface area contributed by atoms with E-state index in [0.717, 1.165) is 14.2 Å². The van der Waals surface area contributed by atoms with Crippen molar-refractivity contribution in [3.8, 4) is 0 Å². The Morgan fingerprint density at radius 1 is 0.889 bits per heavy atom. The summed E-state index contributed by atoms with van der Waals surface area (Å²) in [6, 6.07) is 15.4. The van der Waals surface area contributed by atoms with Crippen molar-refractivity contribution in [1.82, 2.24) is 5.32 Å². The van der Waals surface area contributed by atoms with E-state index in [0.29, 0.717) is 0 Å². The fourth-order valence-electron chi connectivity index (χ4n) is 4.48. The quantitative estimate of drug-likeness (QED) is 0.325. The van der Waals surface area contributed by atoms with Gasteiger partial charge in [0.1, 0.15) is 17.4 Å². The third-order valence-electron chi connectivity index (χ3n) is 6.03. The van der Waals surface area contributed by atoms with E-state index in [2.05, 4.69) is 10.1 Å². The van der Waals surface area contributed by atoms with Crippen LogP contribution < -0.4 is 5.32 Å². The highest BCUT2D eigenvalue weighted by Crippen LogP contribution is 2.46. The molecule has 2 aromatic carbocycles. The molecule has 2 aromatic rings. The summed E-state index contributed by atoms with van der Waals surface area (Å²) in [5.41, 5.74) is -2.30. The highest BCUT2D eigenvalue weighted by Gasteiger charge is 2.71. The molecule has 1 saturated carbocycles. The number of carbonyl (C=O) groups is 6. The molecule has 1 N–H and O–H groups in total. The highest BCUT2D eigenvalue weighted by atomic mass is 16.5. The van der Waals surface area contributed by atoms with E-state index in [1.165, 1.54) is 31.2 Å². The van der Waals surface area contributed by atoms with Gasteiger partial charge in [0.2, 0.25) is 0 Å². The molecule has 4 atom stereocenters. The molecule has 0 radical (unpaired) electrons. The van der Waals surface area contributed by atoms with Gasteiger partial charge in [0.25, 0.3) is 5.91 Å². The maximum absolute atomic E-state index is 14.0. The molecular formula is C26H25NO9. The van der Waals surface area contributed by atoms with Crippen LogP contribution in [0.5, 0.6) is 0 Å². The van der Waals surface area contributed by atoms with E-state index in [-0.39, 0.29) is 17.7 Å². The van der Waals surface area contributed by atoms with Gasteiger partial charge in [0, 0.05) is 5.56 Å². The van der Waals surface area contributed by atoms with Crippen molar-refractivity contribution in [2.75, 3.05) is 20.8 Å². The SMILES string of the molecule is CCOC(=O)[C@@H](c1ccccc1)[C@]1(NC(=O)c2ccccc2)C(=O)[C@@H](C(=O)OC)C(=O)[C@H]1C(=O)OC. The standard InChI is InChI=1S/C26H25NO9/c1-4-36-25(33)18(15-11-7-5-8-12-15)26(27-22(30)16-13-9-6-10-14-16)19(24(32)35-3)20(28)17(21(26)29)23(31)34-2/h5-14,17-19H,4H2,1-3H3,(H,27,30)/t17-,18+,19-,26+/m0/s1. The number of nitrogens with one attached hydrogen (secondary N) is 1. The Bertz CT molecular complexity index is 1180. The van der Waals surface area contributed by atoms with Crippen molar-refractivity contribution >= 4 is 35.4 Å². The zero-order chi connectivity index (χ0) is 26.5. The molecule has 10 heteroatoms. The number of hydrogen-bond acceptors (Lipinski definition) is 9. The summed E-state index contributed by atoms with van der Waals surface area (Å²) in [6.07, 6.45) is 0. The first-order valence-electron chi connectivity index (χ1n) is 11.1. The van der Waals surface area contributed by atoms with E-state index in [4.69, 9.17) is 9.47 Å². The summed E-state index contributed by atoms with van der Waals surface area (Å²) in [5.74, 6) is -12.4. The van der Waals surface area contributed by atoms with E-state index < -0.39 is 58.7 Å². The Kier molecular flexibility index (Phi) is 7.98. The first-order valence-corrected chi connectivity index (χ1v) is 11.1. The molecule has 1 fully saturated rings. The maximum Gasteiger partial charge on any atom is 0.323 e. The van der Waals surface area contributed by atoms with Gasteiger partial charge in [0.05, 0.1) is 20.8 Å². The van der Waals surface area contributed by atoms with Crippen LogP contribution in [0.25, 0.3) is 0 Å². The number of benzene rings is 2. The molecule has 1 amide bonds. The molecule has 0 unspecified atom stereocenters. The minimum atomic E-state index is -2.55. The lowest BCUT2D eigenvalue weighted by molar-refractivity contribution is -0.156. The van der Waals surface area contributed by atoms with Gasteiger partial charge >= 0.3 is 17.9 Å². The van der Waals surface area contributed by atoms with E-state index in [1.807, 2.05) is 0 Å². The van der Waals surface area contributed by atoms with Gasteiger partial charge in [0.15, 0.2) is 17.5 Å². The van der Waals surface area contributed by atoms with E-state index in [1.54, 1.807) is 36.4 Å². The second-order valence-corrected chi connectivity index (χ2v) is 7.96. The molecule has 0 aliphatic heterocycles. The number of ether oxygens (including phenoxy) is 3. The number of methoxy groups -OCH3 is 2. The summed E-state index contributed by atoms with van der Waals surface area (Å²) in [6.45, 7) is 1.43. The van der Waals surface area contributed by atoms with Crippen molar-refractivity contribution in [3.63, 3.8) is 0 Å². The van der Waals surface area contributed by atoms with E-state index in [9.17, 15) is 28.8 Å². The van der Waals surface area contributed by atoms with Gasteiger partial charge in [-0.25, -0.2) is 0 Å². The van der Waals surface area contributed by atoms with Crippen LogP contribution in [0.2, 0.25) is 0 Å². The molecule has 0 bridgehead atoms. The van der Waals surface area contributed by atoms with Crippen LogP contribution in [0.15, 0.2) is 60.7 Å². The van der Waals surface area contributed by atoms with Crippen LogP contribution in [0.4, 0.5) is 0 Å². The average Bonchev–Trinajstić information content (AvgIpc) is 3.10. The number of amides is 1. The molecule has 0 heterocycles. The Hall–Kier alpha value is -4.34. The number of ketones is 2. The van der Waals surface area contributed by atoms with Crippen LogP contribution in [0.1, 0.15) is 28.8 Å². The second-order valence-electron chi connectivity index (χ2n) is 7.96. The van der Waals surface area contributed by atoms with Crippen molar-refractivity contribution in [2.45, 2.75) is 18.4 Å². The Labute approximate surface area is 206 Å². The van der Waals surface area contributed by atoms with Crippen LogP contribution in [0.3, 0.4) is 0 Å². The summed E-state index contributed by atoms with van der Waals surface area (Å²) >= 11 is 0. The summed E-state index contributed by atoms with van der Waals surface area (Å²) in [7, 11) is 1.95. The minimum absolute atomic E-state index is 0.0814. The largest absolute Gasteiger partial charge is 0.468 e. The molecule has 10 nitrogen and oxygen atoms in total. The van der Waals surface area contributed by atoms with Gasteiger partial charge in [-0.3, -0.25) is 28.8 Å². The summed E-state index contributed by atoms with van der Waals surface area (Å²) < 4.78 is 14.7. The molecule has 3 rings (SSSR count). The third kappa shape index (κ3) is 4.49. The lowest BCUT2D eigenvalue weighted by Crippen LogP contribution is -2.64. The van der Waals surface area contributed by atoms with Gasteiger partial charge in [-0.2, -0.15) is 0 Å². The van der Waals surface area contributed by atoms with Crippen molar-refractivity contribution in [2.24, 2.45) is 11.8 Å². The average molecular weight is 495 g/mol. The molecule has 188 valence electrons. The van der Waals surface area contributed by atoms with Crippen LogP contribution >= 0.6 is 0 Å². The highest BCUT2D eigenvalue weighted by molar-refractivity contribution is 6.32. The fraction of sp³-hybridized carbons (Fsp3) is 0.308. The van der Waals surface area contributed by atoms with Gasteiger partial charge in [-0.1, -0.05) is 48.5 Å². The monoisotopic (exact) mass is 495 g/mol. The molecular weight excluding hydrogens is 470 g/mol. The van der Waals surface area contributed by atoms with Crippen LogP contribution in [-0.2, 0) is 38.2 Å². The summed E-state index contributed by atoms with van der Waals surface area (Å²) in [5, 5.41) is 2.48. The zero-order valence-corrected chi connectivity index (χ0v) is 19.9. The van der Waals surface area contributed by atoms with Crippen molar-refractivity contribution in [3.05, 3.63) is 71.8 Å². The van der Waals surface area contributed by atoms with Gasteiger partial charge in [-0.15, -0.1) is 0 Å². The molecule has 1 aliphatic rings. The fourth-order valence-corrected chi connectivity index (χ4v) is 4.48. The number of carbonyl (C=O) groups excluding carboxylic acids is 6. The van der Waals surface area contributed by atoms with Gasteiger partial charge in [-0.05, 0) is 24.6 Å². The summed E-state index contributed by atoms with van der Waals surface area (Å²) in [4.78, 5) is 79.8. The topological polar surface area (TPSA) is 142 Å². The number of hydrogen-bond donors (Lipinski definition) is 1. The smallest absolute Gasteiger partial charge is 0.323 e. The second kappa shape index (κ2) is 10.9. The van der Waals surface area contributed by atoms with Crippen molar-refractivity contribution in [1.29, 1.82) is 0 Å². The van der Waals surface area contributed by atoms with Crippen LogP contribution in [0, 0.1) is 11.8 Å². The maximum atomic E-state index is 14.0. The molecule has 0 spiro atoms. The lowest BCUT2D eigenvalue weighted by Gasteiger charge is -2.38. The van der Waals surface area contributed by atoms with Crippen LogP contribution in [-0.4, -0.2) is 61.7 Å². The third-order valence-corrected chi connectivity index (χ3v) is 6.03. The minimum Gasteiger partial charge on any atom is -0.468 e. The molecule has 1 aliphatic carbocycles. The molecule has 0 saturated heterocycles. The predicted molar refractivity (Wildman–Crippen MR) is 123 cm³/mol. The number of rotatable bonds is 8. The van der Waals surface area contributed by atoms with Gasteiger partial charge < -0.3 is 19.5 Å². The Balaban J connectivity index is 2.36. The lowest BCUT2D eigenvalue weighted by atomic mass is 9.71. The first kappa shape index (κ1) is 26.3. The Morgan fingerprint density at radius 3 is 1.97 bits per heavy atom. The normalized spacial score (nSPS) is 21.9. The molecule has 36 heavy (non-hydrogen) atoms. The van der Waals surface area contributed by atoms with E-state index >= 15 is 0 Å². The Morgan fingerprint density at radius 2 is 1.44 bits per heavy atom. The number of esters is 3. The predicted octanol–water partition coefficient (Wildman–Crippen LogP) is 1.23.